The van der Waals surface area contributed by atoms with Crippen LogP contribution in [0.3, 0.4) is 0 Å². The Morgan fingerprint density at radius 3 is 2.19 bits per heavy atom. The van der Waals surface area contributed by atoms with E-state index in [1.807, 2.05) is 60.7 Å². The predicted octanol–water partition coefficient (Wildman–Crippen LogP) is 4.27. The highest BCUT2D eigenvalue weighted by molar-refractivity contribution is 6.25. The van der Waals surface area contributed by atoms with Crippen LogP contribution in [0.25, 0.3) is 6.08 Å². The van der Waals surface area contributed by atoms with Gasteiger partial charge in [0.1, 0.15) is 11.3 Å². The molecular formula is C29H29N3O4. The Morgan fingerprint density at radius 2 is 1.56 bits per heavy atom. The van der Waals surface area contributed by atoms with Crippen LogP contribution < -0.4 is 15.0 Å². The average Bonchev–Trinajstić information content (AvgIpc) is 2.92. The highest BCUT2D eigenvalue weighted by atomic mass is 16.5. The van der Waals surface area contributed by atoms with Crippen LogP contribution in [0.15, 0.2) is 84.4 Å². The van der Waals surface area contributed by atoms with Crippen LogP contribution in [0.5, 0.6) is 5.75 Å². The topological polar surface area (TPSA) is 79.0 Å². The van der Waals surface area contributed by atoms with Crippen LogP contribution in [0.4, 0.5) is 11.4 Å². The Balaban J connectivity index is 1.52. The molecule has 1 saturated heterocycles. The zero-order valence-electron chi connectivity index (χ0n) is 20.4. The van der Waals surface area contributed by atoms with Gasteiger partial charge in [0, 0.05) is 43.1 Å². The molecule has 0 radical (unpaired) electrons. The van der Waals surface area contributed by atoms with Gasteiger partial charge in [0.25, 0.3) is 11.8 Å². The molecule has 7 heteroatoms. The van der Waals surface area contributed by atoms with Gasteiger partial charge in [-0.15, -0.1) is 0 Å². The van der Waals surface area contributed by atoms with Crippen LogP contribution in [-0.2, 0) is 9.59 Å². The first-order valence-electron chi connectivity index (χ1n) is 11.8. The second-order valence-corrected chi connectivity index (χ2v) is 8.54. The number of carbonyl (C=O) groups excluding carboxylic acids is 3. The van der Waals surface area contributed by atoms with Gasteiger partial charge >= 0.3 is 0 Å². The lowest BCUT2D eigenvalue weighted by Crippen LogP contribution is -2.50. The lowest BCUT2D eigenvalue weighted by atomic mass is 10.1. The summed E-state index contributed by atoms with van der Waals surface area (Å²) in [6.07, 6.45) is 1.61. The van der Waals surface area contributed by atoms with Crippen molar-refractivity contribution in [1.29, 1.82) is 0 Å². The summed E-state index contributed by atoms with van der Waals surface area (Å²) < 4.78 is 5.29. The van der Waals surface area contributed by atoms with Crippen molar-refractivity contribution in [1.82, 2.24) is 4.90 Å². The molecule has 0 bridgehead atoms. The number of Topliss-reactive ketones (excluding diaryl/α,β-unsaturated/α-hetero) is 1. The van der Waals surface area contributed by atoms with E-state index in [1.54, 1.807) is 43.2 Å². The van der Waals surface area contributed by atoms with E-state index in [0.717, 1.165) is 5.69 Å². The SMILES string of the molecule is COc1cccc(/C=C(\C(=O)Nc2ccccc2)C(=O)N2CCN(c3ccc(C(C)=O)cc3)CC2)c1. The smallest absolute Gasteiger partial charge is 0.261 e. The van der Waals surface area contributed by atoms with Gasteiger partial charge in [0.05, 0.1) is 7.11 Å². The molecule has 0 spiro atoms. The second-order valence-electron chi connectivity index (χ2n) is 8.54. The van der Waals surface area contributed by atoms with Crippen LogP contribution in [-0.4, -0.2) is 55.8 Å². The van der Waals surface area contributed by atoms with E-state index in [0.29, 0.717) is 48.7 Å². The first kappa shape index (κ1) is 24.7. The fraction of sp³-hybridized carbons (Fsp3) is 0.207. The van der Waals surface area contributed by atoms with Gasteiger partial charge in [-0.2, -0.15) is 0 Å². The van der Waals surface area contributed by atoms with E-state index >= 15 is 0 Å². The van der Waals surface area contributed by atoms with E-state index in [9.17, 15) is 14.4 Å². The van der Waals surface area contributed by atoms with Crippen molar-refractivity contribution in [2.45, 2.75) is 6.92 Å². The van der Waals surface area contributed by atoms with Gasteiger partial charge in [0.2, 0.25) is 0 Å². The molecule has 1 N–H and O–H groups in total. The molecule has 7 nitrogen and oxygen atoms in total. The molecule has 2 amide bonds. The van der Waals surface area contributed by atoms with E-state index in [1.165, 1.54) is 0 Å². The van der Waals surface area contributed by atoms with E-state index in [4.69, 9.17) is 4.74 Å². The summed E-state index contributed by atoms with van der Waals surface area (Å²) in [6, 6.07) is 23.8. The fourth-order valence-corrected chi connectivity index (χ4v) is 4.09. The molecule has 1 heterocycles. The number of ketones is 1. The first-order chi connectivity index (χ1) is 17.4. The van der Waals surface area contributed by atoms with E-state index in [-0.39, 0.29) is 17.3 Å². The summed E-state index contributed by atoms with van der Waals surface area (Å²) in [5.74, 6) is -0.112. The largest absolute Gasteiger partial charge is 0.497 e. The van der Waals surface area contributed by atoms with Crippen LogP contribution in [0, 0.1) is 0 Å². The van der Waals surface area contributed by atoms with Crippen LogP contribution >= 0.6 is 0 Å². The lowest BCUT2D eigenvalue weighted by Gasteiger charge is -2.36. The van der Waals surface area contributed by atoms with Gasteiger partial charge in [-0.05, 0) is 67.1 Å². The highest BCUT2D eigenvalue weighted by Gasteiger charge is 2.27. The molecule has 3 aromatic carbocycles. The summed E-state index contributed by atoms with van der Waals surface area (Å²) in [4.78, 5) is 42.2. The third-order valence-corrected chi connectivity index (χ3v) is 6.12. The van der Waals surface area contributed by atoms with Crippen molar-refractivity contribution in [3.05, 3.63) is 95.6 Å². The molecule has 184 valence electrons. The maximum Gasteiger partial charge on any atom is 0.261 e. The molecular weight excluding hydrogens is 454 g/mol. The molecule has 36 heavy (non-hydrogen) atoms. The number of carbonyl (C=O) groups is 3. The van der Waals surface area contributed by atoms with Crippen LogP contribution in [0.2, 0.25) is 0 Å². The number of para-hydroxylation sites is 1. The first-order valence-corrected chi connectivity index (χ1v) is 11.8. The quantitative estimate of drug-likeness (QED) is 0.235. The minimum Gasteiger partial charge on any atom is -0.497 e. The molecule has 0 unspecified atom stereocenters. The minimum absolute atomic E-state index is 0.0288. The third kappa shape index (κ3) is 5.99. The Kier molecular flexibility index (Phi) is 7.80. The number of benzene rings is 3. The molecule has 0 aromatic heterocycles. The maximum absolute atomic E-state index is 13.6. The summed E-state index contributed by atoms with van der Waals surface area (Å²) in [5.41, 5.74) is 3.05. The molecule has 1 aliphatic rings. The zero-order chi connectivity index (χ0) is 25.5. The summed E-state index contributed by atoms with van der Waals surface area (Å²) in [6.45, 7) is 3.74. The molecule has 1 fully saturated rings. The van der Waals surface area contributed by atoms with Crippen molar-refractivity contribution < 1.29 is 19.1 Å². The third-order valence-electron chi connectivity index (χ3n) is 6.12. The standard InChI is InChI=1S/C29H29N3O4/c1-21(33)23-11-13-25(14-12-23)31-15-17-32(18-16-31)29(35)27(20-22-7-6-10-26(19-22)36-2)28(34)30-24-8-4-3-5-9-24/h3-14,19-20H,15-18H2,1-2H3,(H,30,34)/b27-20+. The summed E-state index contributed by atoms with van der Waals surface area (Å²) in [7, 11) is 1.57. The number of methoxy groups -OCH3 is 1. The Morgan fingerprint density at radius 1 is 0.861 bits per heavy atom. The molecule has 1 aliphatic heterocycles. The Labute approximate surface area is 211 Å². The number of nitrogens with one attached hydrogen (secondary N) is 1. The van der Waals surface area contributed by atoms with Crippen molar-refractivity contribution in [2.24, 2.45) is 0 Å². The van der Waals surface area contributed by atoms with E-state index in [2.05, 4.69) is 10.2 Å². The summed E-state index contributed by atoms with van der Waals surface area (Å²) >= 11 is 0. The average molecular weight is 484 g/mol. The number of hydrogen-bond donors (Lipinski definition) is 1. The molecule has 0 atom stereocenters. The molecule has 3 aromatic rings. The maximum atomic E-state index is 13.6. The summed E-state index contributed by atoms with van der Waals surface area (Å²) in [5, 5.41) is 2.84. The number of piperazine rings is 1. The number of rotatable bonds is 7. The number of hydrogen-bond acceptors (Lipinski definition) is 5. The zero-order valence-corrected chi connectivity index (χ0v) is 20.4. The van der Waals surface area contributed by atoms with E-state index < -0.39 is 5.91 Å². The molecule has 0 saturated carbocycles. The van der Waals surface area contributed by atoms with Gasteiger partial charge in [-0.1, -0.05) is 30.3 Å². The monoisotopic (exact) mass is 483 g/mol. The Hall–Kier alpha value is -4.39. The Bertz CT molecular complexity index is 1260. The predicted molar refractivity (Wildman–Crippen MR) is 141 cm³/mol. The minimum atomic E-state index is -0.462. The number of anilines is 2. The van der Waals surface area contributed by atoms with Crippen molar-refractivity contribution >= 4 is 35.0 Å². The van der Waals surface area contributed by atoms with Crippen molar-refractivity contribution in [3.63, 3.8) is 0 Å². The van der Waals surface area contributed by atoms with Gasteiger partial charge in [-0.25, -0.2) is 0 Å². The normalized spacial score (nSPS) is 13.8. The van der Waals surface area contributed by atoms with Crippen molar-refractivity contribution in [3.8, 4) is 5.75 Å². The second kappa shape index (κ2) is 11.4. The number of nitrogens with zero attached hydrogens (tertiary/aromatic N) is 2. The highest BCUT2D eigenvalue weighted by Crippen LogP contribution is 2.21. The molecule has 4 rings (SSSR count). The van der Waals surface area contributed by atoms with Crippen molar-refractivity contribution in [2.75, 3.05) is 43.5 Å². The van der Waals surface area contributed by atoms with Gasteiger partial charge < -0.3 is 19.9 Å². The molecule has 0 aliphatic carbocycles. The lowest BCUT2D eigenvalue weighted by molar-refractivity contribution is -0.129. The number of ether oxygens (including phenoxy) is 1. The fourth-order valence-electron chi connectivity index (χ4n) is 4.09. The van der Waals surface area contributed by atoms with Gasteiger partial charge in [-0.3, -0.25) is 14.4 Å². The van der Waals surface area contributed by atoms with Gasteiger partial charge in [0.15, 0.2) is 5.78 Å². The number of amides is 2. The van der Waals surface area contributed by atoms with Crippen LogP contribution in [0.1, 0.15) is 22.8 Å².